The van der Waals surface area contributed by atoms with E-state index in [4.69, 9.17) is 0 Å². The van der Waals surface area contributed by atoms with Gasteiger partial charge in [0.2, 0.25) is 0 Å². The Morgan fingerprint density at radius 2 is 2.00 bits per heavy atom. The van der Waals surface area contributed by atoms with Crippen molar-refractivity contribution < 1.29 is 1.43 Å². The lowest BCUT2D eigenvalue weighted by Gasteiger charge is -2.15. The molecule has 0 aliphatic rings. The van der Waals surface area contributed by atoms with Crippen molar-refractivity contribution in [3.8, 4) is 0 Å². The van der Waals surface area contributed by atoms with Gasteiger partial charge in [0.25, 0.3) is 0 Å². The van der Waals surface area contributed by atoms with Gasteiger partial charge in [-0.1, -0.05) is 51.6 Å². The Morgan fingerprint density at radius 3 is 2.55 bits per heavy atom. The highest BCUT2D eigenvalue weighted by molar-refractivity contribution is 5.67. The van der Waals surface area contributed by atoms with Crippen molar-refractivity contribution in [2.75, 3.05) is 0 Å². The molecule has 0 aliphatic heterocycles. The van der Waals surface area contributed by atoms with Crippen LogP contribution in [-0.2, 0) is 13.0 Å². The Bertz CT molecular complexity index is 559. The molecule has 1 aromatic carbocycles. The van der Waals surface area contributed by atoms with Crippen molar-refractivity contribution in [2.24, 2.45) is 0 Å². The van der Waals surface area contributed by atoms with Crippen molar-refractivity contribution in [1.82, 2.24) is 5.32 Å². The first-order valence-corrected chi connectivity index (χ1v) is 7.28. The van der Waals surface area contributed by atoms with E-state index in [0.717, 1.165) is 37.1 Å². The van der Waals surface area contributed by atoms with E-state index >= 15 is 0 Å². The van der Waals surface area contributed by atoms with Crippen LogP contribution in [0.1, 0.15) is 51.7 Å². The molecule has 0 fully saturated rings. The van der Waals surface area contributed by atoms with Crippen molar-refractivity contribution in [3.63, 3.8) is 0 Å². The molecule has 1 aromatic rings. The van der Waals surface area contributed by atoms with Gasteiger partial charge in [-0.3, -0.25) is 0 Å². The molecule has 0 saturated carbocycles. The Labute approximate surface area is 124 Å². The van der Waals surface area contributed by atoms with Gasteiger partial charge in [0, 0.05) is 7.97 Å². The van der Waals surface area contributed by atoms with Crippen molar-refractivity contribution in [2.45, 2.75) is 46.6 Å². The van der Waals surface area contributed by atoms with Gasteiger partial charge in [0.05, 0.1) is 5.70 Å². The molecule has 0 spiro atoms. The second-order valence-corrected chi connectivity index (χ2v) is 4.86. The monoisotopic (exact) mass is 269 g/mol. The number of rotatable bonds is 7. The van der Waals surface area contributed by atoms with Crippen molar-refractivity contribution >= 4 is 5.57 Å². The van der Waals surface area contributed by atoms with E-state index in [1.54, 1.807) is 0 Å². The number of allylic oxidation sites excluding steroid dienone is 2. The first kappa shape index (κ1) is 16.1. The Hall–Kier alpha value is -1.94. The summed E-state index contributed by atoms with van der Waals surface area (Å²) in [6, 6.07) is 6.42. The minimum Gasteiger partial charge on any atom is -0.378 e. The van der Waals surface area contributed by atoms with E-state index in [2.05, 4.69) is 68.9 Å². The molecule has 0 saturated heterocycles. The number of benzene rings is 1. The second-order valence-electron chi connectivity index (χ2n) is 4.86. The summed E-state index contributed by atoms with van der Waals surface area (Å²) >= 11 is 0. The standard InChI is InChI=1S/C19H25N.H2/c1-6-11-17(8-3)20-14-16-12-10-13-19(15(5)7-2)18(16)9-4;/h10,12-13,20H,2-3,6,9,11,14H2,1,4-5H3;1H. The summed E-state index contributed by atoms with van der Waals surface area (Å²) in [5, 5.41) is 3.44. The second kappa shape index (κ2) is 8.27. The summed E-state index contributed by atoms with van der Waals surface area (Å²) in [4.78, 5) is 0. The van der Waals surface area contributed by atoms with Crippen LogP contribution in [0.4, 0.5) is 0 Å². The van der Waals surface area contributed by atoms with E-state index in [-0.39, 0.29) is 1.43 Å². The summed E-state index contributed by atoms with van der Waals surface area (Å²) in [5.41, 5.74) is 12.1. The summed E-state index contributed by atoms with van der Waals surface area (Å²) in [6.07, 6.45) is 3.10. The highest BCUT2D eigenvalue weighted by Gasteiger charge is 2.08. The van der Waals surface area contributed by atoms with Gasteiger partial charge in [0.1, 0.15) is 0 Å². The van der Waals surface area contributed by atoms with Crippen LogP contribution in [-0.4, -0.2) is 0 Å². The third-order valence-corrected chi connectivity index (χ3v) is 3.50. The largest absolute Gasteiger partial charge is 0.378 e. The lowest BCUT2D eigenvalue weighted by molar-refractivity contribution is 0.733. The average Bonchev–Trinajstić information content (AvgIpc) is 2.49. The summed E-state index contributed by atoms with van der Waals surface area (Å²) < 4.78 is 0. The van der Waals surface area contributed by atoms with Crippen LogP contribution in [0.15, 0.2) is 48.5 Å². The van der Waals surface area contributed by atoms with Gasteiger partial charge in [-0.2, -0.15) is 0 Å². The average molecular weight is 269 g/mol. The highest BCUT2D eigenvalue weighted by atomic mass is 14.9. The molecular formula is C19H27N. The van der Waals surface area contributed by atoms with Crippen LogP contribution in [0.25, 0.3) is 5.57 Å². The van der Waals surface area contributed by atoms with Gasteiger partial charge in [-0.05, 0) is 42.0 Å². The lowest BCUT2D eigenvalue weighted by atomic mass is 9.94. The number of hydrogen-bond donors (Lipinski definition) is 1. The van der Waals surface area contributed by atoms with E-state index in [9.17, 15) is 0 Å². The molecule has 0 heterocycles. The van der Waals surface area contributed by atoms with E-state index in [1.165, 1.54) is 16.7 Å². The van der Waals surface area contributed by atoms with Gasteiger partial charge >= 0.3 is 0 Å². The minimum absolute atomic E-state index is 0. The summed E-state index contributed by atoms with van der Waals surface area (Å²) in [5.74, 6) is 0. The predicted octanol–water partition coefficient (Wildman–Crippen LogP) is 5.24. The predicted molar refractivity (Wildman–Crippen MR) is 90.6 cm³/mol. The topological polar surface area (TPSA) is 12.0 Å². The molecule has 0 unspecified atom stereocenters. The maximum Gasteiger partial charge on any atom is 0.0534 e. The highest BCUT2D eigenvalue weighted by Crippen LogP contribution is 2.22. The minimum atomic E-state index is 0. The molecule has 0 aliphatic carbocycles. The van der Waals surface area contributed by atoms with E-state index < -0.39 is 0 Å². The summed E-state index contributed by atoms with van der Waals surface area (Å²) in [7, 11) is 0. The Balaban J connectivity index is 0.00000400. The van der Waals surface area contributed by atoms with Gasteiger partial charge in [-0.15, -0.1) is 11.5 Å². The zero-order valence-electron chi connectivity index (χ0n) is 13.0. The quantitative estimate of drug-likeness (QED) is 0.667. The fourth-order valence-corrected chi connectivity index (χ4v) is 2.36. The molecule has 0 amide bonds. The smallest absolute Gasteiger partial charge is 0.0534 e. The fraction of sp³-hybridized carbons (Fsp3) is 0.368. The first-order valence-electron chi connectivity index (χ1n) is 7.28. The molecule has 0 aromatic heterocycles. The zero-order valence-corrected chi connectivity index (χ0v) is 13.0. The van der Waals surface area contributed by atoms with Crippen LogP contribution in [0.5, 0.6) is 0 Å². The van der Waals surface area contributed by atoms with Crippen LogP contribution < -0.4 is 5.32 Å². The summed E-state index contributed by atoms with van der Waals surface area (Å²) in [6.45, 7) is 14.7. The Kier molecular flexibility index (Phi) is 6.67. The lowest BCUT2D eigenvalue weighted by Crippen LogP contribution is -2.14. The number of nitrogens with one attached hydrogen (secondary N) is 1. The molecule has 1 heteroatoms. The van der Waals surface area contributed by atoms with Gasteiger partial charge in [0.15, 0.2) is 0 Å². The molecule has 1 rings (SSSR count). The van der Waals surface area contributed by atoms with Gasteiger partial charge in [-0.25, -0.2) is 0 Å². The van der Waals surface area contributed by atoms with Gasteiger partial charge < -0.3 is 5.32 Å². The molecule has 1 N–H and O–H groups in total. The molecule has 0 radical (unpaired) electrons. The van der Waals surface area contributed by atoms with Crippen LogP contribution in [0.2, 0.25) is 0 Å². The van der Waals surface area contributed by atoms with Crippen molar-refractivity contribution in [1.29, 1.82) is 0 Å². The molecule has 1 nitrogen and oxygen atoms in total. The van der Waals surface area contributed by atoms with Crippen LogP contribution in [0.3, 0.4) is 0 Å². The molecule has 0 bridgehead atoms. The van der Waals surface area contributed by atoms with Crippen molar-refractivity contribution in [3.05, 3.63) is 65.2 Å². The van der Waals surface area contributed by atoms with Crippen LogP contribution >= 0.6 is 0 Å². The molecular weight excluding hydrogens is 242 g/mol. The van der Waals surface area contributed by atoms with Crippen LogP contribution in [0, 0.1) is 0 Å². The third-order valence-electron chi connectivity index (χ3n) is 3.50. The Morgan fingerprint density at radius 1 is 1.25 bits per heavy atom. The normalized spacial score (nSPS) is 9.55. The maximum absolute atomic E-state index is 3.75. The van der Waals surface area contributed by atoms with E-state index in [1.807, 2.05) is 0 Å². The third kappa shape index (κ3) is 4.03. The molecule has 0 atom stereocenters. The SMILES string of the molecule is C=C=C(CCC)NCc1cccc(C(C)=C=C)c1CC.[HH]. The zero-order chi connectivity index (χ0) is 15.0. The first-order chi connectivity index (χ1) is 9.67. The maximum atomic E-state index is 3.75. The molecule has 108 valence electrons. The van der Waals surface area contributed by atoms with E-state index in [0.29, 0.717) is 0 Å². The number of hydrogen-bond acceptors (Lipinski definition) is 1. The molecule has 20 heavy (non-hydrogen) atoms. The fourth-order valence-electron chi connectivity index (χ4n) is 2.36.